The van der Waals surface area contributed by atoms with E-state index in [1.165, 1.54) is 60.6 Å². The molecule has 0 spiro atoms. The first-order valence-corrected chi connectivity index (χ1v) is 14.6. The number of hydrogen-bond donors (Lipinski definition) is 1. The maximum atomic E-state index is 13.9. The number of rotatable bonds is 10. The molecule has 1 saturated heterocycles. The van der Waals surface area contributed by atoms with Gasteiger partial charge in [0.2, 0.25) is 11.8 Å². The zero-order valence-electron chi connectivity index (χ0n) is 24.6. The number of amides is 3. The molecule has 0 aliphatic carbocycles. The maximum absolute atomic E-state index is 13.9. The minimum atomic E-state index is -4.79. The zero-order chi connectivity index (χ0) is 33.8. The Morgan fingerprint density at radius 2 is 1.72 bits per heavy atom. The van der Waals surface area contributed by atoms with Crippen LogP contribution in [0.4, 0.5) is 32.4 Å². The number of carbonyl (C=O) groups is 2. The minimum absolute atomic E-state index is 0.00750. The van der Waals surface area contributed by atoms with Crippen LogP contribution in [0.3, 0.4) is 0 Å². The van der Waals surface area contributed by atoms with Crippen molar-refractivity contribution in [2.24, 2.45) is 4.99 Å². The normalized spacial score (nSPS) is 14.5. The van der Waals surface area contributed by atoms with Crippen LogP contribution in [0.2, 0.25) is 0 Å². The summed E-state index contributed by atoms with van der Waals surface area (Å²) in [6.07, 6.45) is -4.02. The van der Waals surface area contributed by atoms with Crippen LogP contribution < -0.4 is 19.9 Å². The van der Waals surface area contributed by atoms with E-state index in [0.29, 0.717) is 28.4 Å². The number of nitrogens with zero attached hydrogens (tertiary/aromatic N) is 5. The number of methoxy groups -OCH3 is 1. The second-order valence-electron chi connectivity index (χ2n) is 10.1. The van der Waals surface area contributed by atoms with Crippen molar-refractivity contribution >= 4 is 34.6 Å². The Kier molecular flexibility index (Phi) is 9.76. The molecule has 0 saturated carbocycles. The Morgan fingerprint density at radius 3 is 2.38 bits per heavy atom. The molecule has 2 heterocycles. The fourth-order valence-electron chi connectivity index (χ4n) is 4.41. The first kappa shape index (κ1) is 33.3. The highest BCUT2D eigenvalue weighted by molar-refractivity contribution is 8.15. The summed E-state index contributed by atoms with van der Waals surface area (Å²) in [5, 5.41) is 4.34. The van der Waals surface area contributed by atoms with E-state index in [2.05, 4.69) is 25.3 Å². The molecule has 1 aliphatic rings. The van der Waals surface area contributed by atoms with Crippen molar-refractivity contribution < 1.29 is 45.9 Å². The highest BCUT2D eigenvalue weighted by Gasteiger charge is 2.34. The largest absolute Gasteiger partial charge is 0.573 e. The maximum Gasteiger partial charge on any atom is 0.573 e. The van der Waals surface area contributed by atoms with Gasteiger partial charge in [-0.25, -0.2) is 28.7 Å². The lowest BCUT2D eigenvalue weighted by Crippen LogP contribution is -2.32. The molecule has 11 nitrogen and oxygen atoms in total. The molecule has 1 aromatic heterocycles. The third kappa shape index (κ3) is 8.82. The molecule has 246 valence electrons. The fraction of sp³-hybridized carbons (Fsp3) is 0.233. The molecule has 17 heteroatoms. The number of hydrogen-bond acceptors (Lipinski definition) is 8. The lowest BCUT2D eigenvalue weighted by Gasteiger charge is -2.22. The van der Waals surface area contributed by atoms with Crippen molar-refractivity contribution in [1.29, 1.82) is 0 Å². The summed E-state index contributed by atoms with van der Waals surface area (Å²) in [7, 11) is 1.40. The van der Waals surface area contributed by atoms with Gasteiger partial charge in [0.25, 0.3) is 0 Å². The van der Waals surface area contributed by atoms with Crippen LogP contribution in [-0.2, 0) is 22.7 Å². The molecule has 0 radical (unpaired) electrons. The lowest BCUT2D eigenvalue weighted by atomic mass is 10.0. The van der Waals surface area contributed by atoms with Gasteiger partial charge >= 0.3 is 12.4 Å². The number of thioether (sulfide) groups is 1. The summed E-state index contributed by atoms with van der Waals surface area (Å²) in [5.41, 5.74) is 4.27. The highest BCUT2D eigenvalue weighted by Crippen LogP contribution is 2.35. The van der Waals surface area contributed by atoms with Gasteiger partial charge in [-0.05, 0) is 48.4 Å². The molecular formula is C30H25F5N6O5S. The standard InChI is InChI=1S/C30H25F5N6O5S/c1-29(31,32)14-20-7-10-23(44-2)13-24(20)41-25(42)16-47-28(41)37-27(43)39-45-15-18-3-5-19(6-4-18)26-36-17-40(38-26)21-8-11-22(12-9-21)46-30(33,34)35/h3-13,17H,14-16H2,1-2H3,(H,39,43). The van der Waals surface area contributed by atoms with E-state index < -0.39 is 30.6 Å². The van der Waals surface area contributed by atoms with Crippen molar-refractivity contribution in [2.45, 2.75) is 32.2 Å². The van der Waals surface area contributed by atoms with Crippen molar-refractivity contribution in [3.05, 3.63) is 84.2 Å². The summed E-state index contributed by atoms with van der Waals surface area (Å²) in [6.45, 7) is 0.720. The molecule has 1 aliphatic heterocycles. The Hall–Kier alpha value is -5.03. The van der Waals surface area contributed by atoms with Crippen LogP contribution in [0, 0.1) is 0 Å². The summed E-state index contributed by atoms with van der Waals surface area (Å²) in [5.74, 6) is -3.21. The number of carbonyl (C=O) groups excluding carboxylic acids is 2. The van der Waals surface area contributed by atoms with Crippen LogP contribution in [-0.4, -0.2) is 57.0 Å². The number of aromatic nitrogens is 3. The fourth-order valence-corrected chi connectivity index (χ4v) is 5.26. The average Bonchev–Trinajstić information content (AvgIpc) is 3.64. The molecule has 0 atom stereocenters. The molecule has 47 heavy (non-hydrogen) atoms. The average molecular weight is 677 g/mol. The molecular weight excluding hydrogens is 651 g/mol. The second-order valence-corrected chi connectivity index (χ2v) is 11.0. The van der Waals surface area contributed by atoms with Crippen LogP contribution >= 0.6 is 11.8 Å². The van der Waals surface area contributed by atoms with E-state index in [-0.39, 0.29) is 34.5 Å². The van der Waals surface area contributed by atoms with Gasteiger partial charge < -0.3 is 9.47 Å². The first-order valence-electron chi connectivity index (χ1n) is 13.7. The smallest absolute Gasteiger partial charge is 0.497 e. The predicted molar refractivity (Wildman–Crippen MR) is 161 cm³/mol. The van der Waals surface area contributed by atoms with Crippen LogP contribution in [0.1, 0.15) is 18.1 Å². The molecule has 0 unspecified atom stereocenters. The van der Waals surface area contributed by atoms with Gasteiger partial charge in [-0.3, -0.25) is 14.5 Å². The molecule has 3 amide bonds. The molecule has 3 aromatic carbocycles. The molecule has 0 bridgehead atoms. The summed E-state index contributed by atoms with van der Waals surface area (Å²) in [6, 6.07) is 15.5. The second kappa shape index (κ2) is 13.8. The molecule has 1 N–H and O–H groups in total. The zero-order valence-corrected chi connectivity index (χ0v) is 25.4. The van der Waals surface area contributed by atoms with E-state index in [0.717, 1.165) is 23.6 Å². The monoisotopic (exact) mass is 676 g/mol. The number of amidine groups is 1. The van der Waals surface area contributed by atoms with E-state index in [1.807, 2.05) is 0 Å². The molecule has 5 rings (SSSR count). The quantitative estimate of drug-likeness (QED) is 0.153. The van der Waals surface area contributed by atoms with Gasteiger partial charge in [0.1, 0.15) is 17.8 Å². The van der Waals surface area contributed by atoms with Gasteiger partial charge in [0, 0.05) is 18.1 Å². The number of ether oxygens (including phenoxy) is 2. The van der Waals surface area contributed by atoms with Crippen molar-refractivity contribution in [2.75, 3.05) is 17.8 Å². The Morgan fingerprint density at radius 1 is 1.02 bits per heavy atom. The molecule has 1 fully saturated rings. The van der Waals surface area contributed by atoms with Gasteiger partial charge in [0.05, 0.1) is 30.8 Å². The summed E-state index contributed by atoms with van der Waals surface area (Å²) in [4.78, 5) is 39.8. The van der Waals surface area contributed by atoms with Gasteiger partial charge in [0.15, 0.2) is 11.0 Å². The molecule has 4 aromatic rings. The van der Waals surface area contributed by atoms with E-state index >= 15 is 0 Å². The Balaban J connectivity index is 1.19. The number of alkyl halides is 5. The van der Waals surface area contributed by atoms with Crippen molar-refractivity contribution in [3.8, 4) is 28.6 Å². The minimum Gasteiger partial charge on any atom is -0.497 e. The van der Waals surface area contributed by atoms with Crippen molar-refractivity contribution in [1.82, 2.24) is 20.2 Å². The number of aliphatic imine (C=N–C) groups is 1. The highest BCUT2D eigenvalue weighted by atomic mass is 32.2. The third-order valence-electron chi connectivity index (χ3n) is 6.43. The van der Waals surface area contributed by atoms with Gasteiger partial charge in [-0.15, -0.1) is 18.3 Å². The van der Waals surface area contributed by atoms with E-state index in [1.54, 1.807) is 24.3 Å². The Labute approximate surface area is 268 Å². The number of hydroxylamine groups is 1. The number of anilines is 1. The van der Waals surface area contributed by atoms with Crippen LogP contribution in [0.15, 0.2) is 78.0 Å². The van der Waals surface area contributed by atoms with Gasteiger partial charge in [-0.2, -0.15) is 4.99 Å². The predicted octanol–water partition coefficient (Wildman–Crippen LogP) is 6.32. The number of urea groups is 1. The van der Waals surface area contributed by atoms with E-state index in [4.69, 9.17) is 9.57 Å². The van der Waals surface area contributed by atoms with Crippen LogP contribution in [0.25, 0.3) is 17.1 Å². The lowest BCUT2D eigenvalue weighted by molar-refractivity contribution is -0.274. The van der Waals surface area contributed by atoms with Crippen molar-refractivity contribution in [3.63, 3.8) is 0 Å². The number of nitrogens with one attached hydrogen (secondary N) is 1. The third-order valence-corrected chi connectivity index (χ3v) is 7.36. The number of benzene rings is 3. The van der Waals surface area contributed by atoms with Crippen LogP contribution in [0.5, 0.6) is 11.5 Å². The van der Waals surface area contributed by atoms with E-state index in [9.17, 15) is 31.5 Å². The summed E-state index contributed by atoms with van der Waals surface area (Å²) >= 11 is 0.975. The number of halogens is 5. The first-order chi connectivity index (χ1) is 22.3. The SMILES string of the molecule is COc1ccc(CC(C)(F)F)c(N2C(=O)CSC2=NC(=O)NOCc2ccc(-c3ncn(-c4ccc(OC(F)(F)F)cc4)n3)cc2)c1. The topological polar surface area (TPSA) is 120 Å². The summed E-state index contributed by atoms with van der Waals surface area (Å²) < 4.78 is 75.4. The van der Waals surface area contributed by atoms with Gasteiger partial charge in [-0.1, -0.05) is 42.1 Å². The Bertz CT molecular complexity index is 1780.